The van der Waals surface area contributed by atoms with Crippen LogP contribution in [0.25, 0.3) is 0 Å². The predicted molar refractivity (Wildman–Crippen MR) is 84.6 cm³/mol. The first-order valence-electron chi connectivity index (χ1n) is 7.59. The second-order valence-corrected chi connectivity index (χ2v) is 6.08. The zero-order valence-electron chi connectivity index (χ0n) is 13.7. The summed E-state index contributed by atoms with van der Waals surface area (Å²) in [6.07, 6.45) is 0.887. The van der Waals surface area contributed by atoms with Gasteiger partial charge in [-0.15, -0.1) is 0 Å². The number of nitrogens with one attached hydrogen (secondary N) is 1. The molecule has 0 fully saturated rings. The number of amides is 1. The van der Waals surface area contributed by atoms with Gasteiger partial charge in [-0.1, -0.05) is 26.0 Å². The van der Waals surface area contributed by atoms with Crippen LogP contribution in [0, 0.1) is 5.82 Å². The molecule has 3 nitrogen and oxygen atoms in total. The molecule has 0 saturated carbocycles. The van der Waals surface area contributed by atoms with Gasteiger partial charge in [-0.2, -0.15) is 0 Å². The highest BCUT2D eigenvalue weighted by Crippen LogP contribution is 2.20. The van der Waals surface area contributed by atoms with Gasteiger partial charge < -0.3 is 5.32 Å². The Labute approximate surface area is 127 Å². The Balaban J connectivity index is 2.70. The lowest BCUT2D eigenvalue weighted by Crippen LogP contribution is -2.47. The Kier molecular flexibility index (Phi) is 6.34. The molecule has 0 bridgehead atoms. The third kappa shape index (κ3) is 5.46. The van der Waals surface area contributed by atoms with Gasteiger partial charge in [-0.3, -0.25) is 9.69 Å². The summed E-state index contributed by atoms with van der Waals surface area (Å²) in [4.78, 5) is 14.2. The van der Waals surface area contributed by atoms with Gasteiger partial charge in [0.25, 0.3) is 0 Å². The zero-order chi connectivity index (χ0) is 16.0. The van der Waals surface area contributed by atoms with E-state index in [1.165, 1.54) is 12.1 Å². The van der Waals surface area contributed by atoms with Crippen molar-refractivity contribution in [1.82, 2.24) is 10.2 Å². The van der Waals surface area contributed by atoms with E-state index < -0.39 is 0 Å². The number of carbonyl (C=O) groups is 1. The van der Waals surface area contributed by atoms with Crippen molar-refractivity contribution in [2.45, 2.75) is 52.6 Å². The van der Waals surface area contributed by atoms with Crippen LogP contribution in [0.5, 0.6) is 0 Å². The van der Waals surface area contributed by atoms with Crippen molar-refractivity contribution in [1.29, 1.82) is 0 Å². The molecule has 118 valence electrons. The first-order chi connectivity index (χ1) is 9.79. The number of halogens is 1. The van der Waals surface area contributed by atoms with Crippen molar-refractivity contribution in [3.63, 3.8) is 0 Å². The van der Waals surface area contributed by atoms with E-state index in [4.69, 9.17) is 0 Å². The summed E-state index contributed by atoms with van der Waals surface area (Å²) in [5.74, 6) is -0.214. The monoisotopic (exact) mass is 294 g/mol. The largest absolute Gasteiger partial charge is 0.350 e. The molecule has 1 atom stereocenters. The Morgan fingerprint density at radius 3 is 2.33 bits per heavy atom. The van der Waals surface area contributed by atoms with Gasteiger partial charge in [0.15, 0.2) is 0 Å². The molecule has 1 rings (SSSR count). The highest BCUT2D eigenvalue weighted by molar-refractivity contribution is 5.78. The minimum Gasteiger partial charge on any atom is -0.350 e. The maximum absolute atomic E-state index is 13.0. The standard InChI is InChI=1S/C17H27FN2O/c1-6-17(4,5)19-16(21)12-20(7-2)13(3)14-8-10-15(18)11-9-14/h8-11,13H,6-7,12H2,1-5H3,(H,19,21). The number of nitrogens with zero attached hydrogens (tertiary/aromatic N) is 1. The lowest BCUT2D eigenvalue weighted by Gasteiger charge is -2.30. The van der Waals surface area contributed by atoms with Gasteiger partial charge >= 0.3 is 0 Å². The number of likely N-dealkylation sites (N-methyl/N-ethyl adjacent to an activating group) is 1. The van der Waals surface area contributed by atoms with Crippen LogP contribution < -0.4 is 5.32 Å². The maximum atomic E-state index is 13.0. The lowest BCUT2D eigenvalue weighted by atomic mass is 10.0. The fourth-order valence-electron chi connectivity index (χ4n) is 2.16. The van der Waals surface area contributed by atoms with Gasteiger partial charge in [0.2, 0.25) is 5.91 Å². The second kappa shape index (κ2) is 7.55. The SMILES string of the molecule is CCN(CC(=O)NC(C)(C)CC)C(C)c1ccc(F)cc1. The van der Waals surface area contributed by atoms with E-state index in [1.807, 2.05) is 27.7 Å². The summed E-state index contributed by atoms with van der Waals surface area (Å²) in [6.45, 7) is 11.3. The molecule has 0 spiro atoms. The minimum atomic E-state index is -0.239. The number of benzene rings is 1. The molecule has 21 heavy (non-hydrogen) atoms. The average molecular weight is 294 g/mol. The van der Waals surface area contributed by atoms with Crippen LogP contribution in [0.2, 0.25) is 0 Å². The normalized spacial score (nSPS) is 13.3. The summed E-state index contributed by atoms with van der Waals surface area (Å²) in [6, 6.07) is 6.54. The summed E-state index contributed by atoms with van der Waals surface area (Å²) < 4.78 is 13.0. The van der Waals surface area contributed by atoms with E-state index in [-0.39, 0.29) is 23.3 Å². The molecule has 0 radical (unpaired) electrons. The van der Waals surface area contributed by atoms with Crippen molar-refractivity contribution in [2.24, 2.45) is 0 Å². The van der Waals surface area contributed by atoms with Gasteiger partial charge in [-0.25, -0.2) is 4.39 Å². The van der Waals surface area contributed by atoms with Gasteiger partial charge in [-0.05, 0) is 51.4 Å². The van der Waals surface area contributed by atoms with Crippen LogP contribution in [0.15, 0.2) is 24.3 Å². The highest BCUT2D eigenvalue weighted by Gasteiger charge is 2.21. The van der Waals surface area contributed by atoms with Crippen LogP contribution in [0.3, 0.4) is 0 Å². The fourth-order valence-corrected chi connectivity index (χ4v) is 2.16. The van der Waals surface area contributed by atoms with Gasteiger partial charge in [0, 0.05) is 11.6 Å². The third-order valence-corrected chi connectivity index (χ3v) is 4.01. The number of rotatable bonds is 7. The van der Waals surface area contributed by atoms with E-state index >= 15 is 0 Å². The highest BCUT2D eigenvalue weighted by atomic mass is 19.1. The molecule has 0 aliphatic heterocycles. The van der Waals surface area contributed by atoms with Crippen molar-refractivity contribution in [2.75, 3.05) is 13.1 Å². The zero-order valence-corrected chi connectivity index (χ0v) is 13.7. The molecular formula is C17H27FN2O. The third-order valence-electron chi connectivity index (χ3n) is 4.01. The summed E-state index contributed by atoms with van der Waals surface area (Å²) in [5.41, 5.74) is 0.830. The van der Waals surface area contributed by atoms with Crippen LogP contribution >= 0.6 is 0 Å². The average Bonchev–Trinajstić information content (AvgIpc) is 2.44. The van der Waals surface area contributed by atoms with Crippen LogP contribution in [-0.2, 0) is 4.79 Å². The second-order valence-electron chi connectivity index (χ2n) is 6.08. The molecule has 1 amide bonds. The van der Waals surface area contributed by atoms with Crippen molar-refractivity contribution >= 4 is 5.91 Å². The number of hydrogen-bond donors (Lipinski definition) is 1. The van der Waals surface area contributed by atoms with Crippen LogP contribution in [0.4, 0.5) is 4.39 Å². The van der Waals surface area contributed by atoms with Gasteiger partial charge in [0.1, 0.15) is 5.82 Å². The Bertz CT molecular complexity index is 456. The molecular weight excluding hydrogens is 267 g/mol. The quantitative estimate of drug-likeness (QED) is 0.834. The van der Waals surface area contributed by atoms with Crippen molar-refractivity contribution in [3.8, 4) is 0 Å². The van der Waals surface area contributed by atoms with E-state index in [1.54, 1.807) is 12.1 Å². The van der Waals surface area contributed by atoms with E-state index in [0.717, 1.165) is 18.5 Å². The molecule has 1 aromatic rings. The Morgan fingerprint density at radius 2 is 1.86 bits per heavy atom. The van der Waals surface area contributed by atoms with E-state index in [9.17, 15) is 9.18 Å². The molecule has 0 aliphatic rings. The summed E-state index contributed by atoms with van der Waals surface area (Å²) in [5, 5.41) is 3.05. The molecule has 1 unspecified atom stereocenters. The molecule has 0 aromatic heterocycles. The van der Waals surface area contributed by atoms with Gasteiger partial charge in [0.05, 0.1) is 6.54 Å². The number of carbonyl (C=O) groups excluding carboxylic acids is 1. The first kappa shape index (κ1) is 17.6. The lowest BCUT2D eigenvalue weighted by molar-refractivity contribution is -0.124. The number of hydrogen-bond acceptors (Lipinski definition) is 2. The molecule has 0 saturated heterocycles. The molecule has 0 heterocycles. The van der Waals surface area contributed by atoms with Crippen molar-refractivity contribution in [3.05, 3.63) is 35.6 Å². The fraction of sp³-hybridized carbons (Fsp3) is 0.588. The van der Waals surface area contributed by atoms with E-state index in [0.29, 0.717) is 6.54 Å². The molecule has 0 aliphatic carbocycles. The smallest absolute Gasteiger partial charge is 0.234 e. The first-order valence-corrected chi connectivity index (χ1v) is 7.59. The van der Waals surface area contributed by atoms with E-state index in [2.05, 4.69) is 17.1 Å². The van der Waals surface area contributed by atoms with Crippen molar-refractivity contribution < 1.29 is 9.18 Å². The Hall–Kier alpha value is -1.42. The minimum absolute atomic E-state index is 0.0256. The predicted octanol–water partition coefficient (Wildman–Crippen LogP) is 3.51. The summed E-state index contributed by atoms with van der Waals surface area (Å²) >= 11 is 0. The molecule has 4 heteroatoms. The molecule has 1 N–H and O–H groups in total. The topological polar surface area (TPSA) is 32.3 Å². The maximum Gasteiger partial charge on any atom is 0.234 e. The Morgan fingerprint density at radius 1 is 1.29 bits per heavy atom. The summed E-state index contributed by atoms with van der Waals surface area (Å²) in [7, 11) is 0. The van der Waals surface area contributed by atoms with Crippen LogP contribution in [0.1, 0.15) is 52.6 Å². The van der Waals surface area contributed by atoms with Crippen LogP contribution in [-0.4, -0.2) is 29.4 Å². The molecule has 1 aromatic carbocycles.